The molecule has 0 saturated carbocycles. The second kappa shape index (κ2) is 12.1. The molecule has 1 amide bonds. The first kappa shape index (κ1) is 27.3. The van der Waals surface area contributed by atoms with E-state index >= 15 is 0 Å². The number of aryl methyl sites for hydroxylation is 1. The molecule has 1 saturated heterocycles. The molecule has 0 bridgehead atoms. The molecule has 2 aromatic carbocycles. The number of carbonyl (C=O) groups is 2. The van der Waals surface area contributed by atoms with Crippen LogP contribution in [0.3, 0.4) is 0 Å². The predicted molar refractivity (Wildman–Crippen MR) is 134 cm³/mol. The Balaban J connectivity index is 1.53. The Morgan fingerprint density at radius 2 is 1.89 bits per heavy atom. The van der Waals surface area contributed by atoms with E-state index in [1.807, 2.05) is 6.92 Å². The van der Waals surface area contributed by atoms with Gasteiger partial charge in [0, 0.05) is 43.1 Å². The summed E-state index contributed by atoms with van der Waals surface area (Å²) >= 11 is 3.38. The van der Waals surface area contributed by atoms with E-state index in [0.717, 1.165) is 10.0 Å². The lowest BCUT2D eigenvalue weighted by Gasteiger charge is -2.39. The van der Waals surface area contributed by atoms with E-state index in [9.17, 15) is 22.4 Å². The van der Waals surface area contributed by atoms with Crippen LogP contribution in [0.25, 0.3) is 0 Å². The summed E-state index contributed by atoms with van der Waals surface area (Å²) in [6.45, 7) is 4.47. The van der Waals surface area contributed by atoms with Gasteiger partial charge in [-0.3, -0.25) is 14.5 Å². The molecule has 1 aliphatic rings. The van der Waals surface area contributed by atoms with Crippen molar-refractivity contribution in [2.24, 2.45) is 5.14 Å². The van der Waals surface area contributed by atoms with Crippen LogP contribution in [0, 0.1) is 5.82 Å². The van der Waals surface area contributed by atoms with Crippen molar-refractivity contribution < 1.29 is 27.1 Å². The summed E-state index contributed by atoms with van der Waals surface area (Å²) in [6, 6.07) is 11.7. The largest absolute Gasteiger partial charge is 0.483 e. The number of sulfonamides is 1. The topological polar surface area (TPSA) is 110 Å². The molecule has 0 aliphatic carbocycles. The van der Waals surface area contributed by atoms with Gasteiger partial charge >= 0.3 is 0 Å². The van der Waals surface area contributed by atoms with E-state index in [1.165, 1.54) is 12.1 Å². The average Bonchev–Trinajstić information content (AvgIpc) is 2.77. The number of ether oxygens (including phenoxy) is 1. The van der Waals surface area contributed by atoms with Crippen LogP contribution in [0.2, 0.25) is 0 Å². The molecule has 190 valence electrons. The number of amides is 1. The number of hydrogen-bond donors (Lipinski definition) is 1. The number of halogens is 2. The minimum atomic E-state index is -3.87. The summed E-state index contributed by atoms with van der Waals surface area (Å²) in [6.07, 6.45) is 0.250. The minimum absolute atomic E-state index is 0.00968. The number of primary sulfonamides is 1. The minimum Gasteiger partial charge on any atom is -0.483 e. The van der Waals surface area contributed by atoms with Gasteiger partial charge < -0.3 is 9.64 Å². The molecule has 11 heteroatoms. The Morgan fingerprint density at radius 3 is 2.54 bits per heavy atom. The first-order chi connectivity index (χ1) is 16.5. The molecule has 0 spiro atoms. The fraction of sp³-hybridized carbons (Fsp3) is 0.417. The molecule has 0 unspecified atom stereocenters. The van der Waals surface area contributed by atoms with Crippen molar-refractivity contribution in [2.75, 3.05) is 32.0 Å². The number of carbonyl (C=O) groups excluding carboxylic acids is 2. The summed E-state index contributed by atoms with van der Waals surface area (Å²) in [5.41, 5.74) is 1.71. The molecule has 1 heterocycles. The number of piperazine rings is 1. The van der Waals surface area contributed by atoms with Gasteiger partial charge in [0.05, 0.1) is 0 Å². The van der Waals surface area contributed by atoms with E-state index < -0.39 is 21.6 Å². The van der Waals surface area contributed by atoms with Crippen LogP contribution in [0.5, 0.6) is 5.75 Å². The van der Waals surface area contributed by atoms with Crippen molar-refractivity contribution in [3.63, 3.8) is 0 Å². The number of ketones is 1. The van der Waals surface area contributed by atoms with E-state index in [-0.39, 0.29) is 37.2 Å². The lowest BCUT2D eigenvalue weighted by atomic mass is 10.1. The number of Topliss-reactive ketones (excluding diaryl/α,β-unsaturated/α-hetero) is 1. The van der Waals surface area contributed by atoms with Crippen LogP contribution in [-0.4, -0.2) is 67.9 Å². The molecule has 2 N–H and O–H groups in total. The molecule has 1 aliphatic heterocycles. The van der Waals surface area contributed by atoms with Gasteiger partial charge in [0.1, 0.15) is 23.1 Å². The van der Waals surface area contributed by atoms with Crippen LogP contribution in [0.1, 0.15) is 24.5 Å². The Labute approximate surface area is 213 Å². The van der Waals surface area contributed by atoms with Gasteiger partial charge in [-0.2, -0.15) is 0 Å². The molecule has 35 heavy (non-hydrogen) atoms. The third-order valence-corrected chi connectivity index (χ3v) is 6.98. The molecule has 1 atom stereocenters. The first-order valence-corrected chi connectivity index (χ1v) is 13.7. The number of hydrogen-bond acceptors (Lipinski definition) is 6. The summed E-state index contributed by atoms with van der Waals surface area (Å²) in [5, 5.41) is 4.94. The zero-order valence-electron chi connectivity index (χ0n) is 19.5. The van der Waals surface area contributed by atoms with E-state index in [0.29, 0.717) is 37.5 Å². The zero-order chi connectivity index (χ0) is 25.6. The molecule has 0 aromatic heterocycles. The second-order valence-electron chi connectivity index (χ2n) is 8.68. The van der Waals surface area contributed by atoms with E-state index in [1.54, 1.807) is 35.2 Å². The lowest BCUT2D eigenvalue weighted by molar-refractivity contribution is -0.138. The third-order valence-electron chi connectivity index (χ3n) is 5.76. The van der Waals surface area contributed by atoms with Gasteiger partial charge in [-0.25, -0.2) is 17.9 Å². The normalized spacial score (nSPS) is 16.8. The number of nitrogens with zero attached hydrogens (tertiary/aromatic N) is 2. The third kappa shape index (κ3) is 8.68. The van der Waals surface area contributed by atoms with Gasteiger partial charge in [-0.05, 0) is 54.8 Å². The zero-order valence-corrected chi connectivity index (χ0v) is 21.9. The Kier molecular flexibility index (Phi) is 9.40. The van der Waals surface area contributed by atoms with Crippen LogP contribution in [0.4, 0.5) is 4.39 Å². The molecule has 1 fully saturated rings. The van der Waals surface area contributed by atoms with Crippen molar-refractivity contribution in [1.29, 1.82) is 0 Å². The maximum atomic E-state index is 13.1. The van der Waals surface area contributed by atoms with Gasteiger partial charge in [-0.15, -0.1) is 0 Å². The highest BCUT2D eigenvalue weighted by atomic mass is 79.9. The highest BCUT2D eigenvalue weighted by molar-refractivity contribution is 9.10. The quantitative estimate of drug-likeness (QED) is 0.470. The monoisotopic (exact) mass is 569 g/mol. The molecule has 8 nitrogen and oxygen atoms in total. The molecule has 2 aromatic rings. The van der Waals surface area contributed by atoms with Crippen LogP contribution in [-0.2, 0) is 32.6 Å². The number of nitrogens with two attached hydrogens (primary N) is 1. The average molecular weight is 570 g/mol. The first-order valence-electron chi connectivity index (χ1n) is 11.2. The molecule has 0 radical (unpaired) electrons. The van der Waals surface area contributed by atoms with Gasteiger partial charge in [-0.1, -0.05) is 28.1 Å². The van der Waals surface area contributed by atoms with Crippen molar-refractivity contribution >= 4 is 37.6 Å². The van der Waals surface area contributed by atoms with Crippen LogP contribution in [0.15, 0.2) is 46.9 Å². The maximum absolute atomic E-state index is 13.1. The molecule has 3 rings (SSSR count). The Hall–Kier alpha value is -2.34. The van der Waals surface area contributed by atoms with Crippen molar-refractivity contribution in [2.45, 2.75) is 32.4 Å². The smallest absolute Gasteiger partial charge is 0.260 e. The Bertz CT molecular complexity index is 1160. The highest BCUT2D eigenvalue weighted by Crippen LogP contribution is 2.25. The van der Waals surface area contributed by atoms with Crippen molar-refractivity contribution in [3.05, 3.63) is 63.9 Å². The summed E-state index contributed by atoms with van der Waals surface area (Å²) in [5.74, 6) is -1.13. The van der Waals surface area contributed by atoms with Gasteiger partial charge in [0.2, 0.25) is 10.0 Å². The second-order valence-corrected chi connectivity index (χ2v) is 11.2. The van der Waals surface area contributed by atoms with E-state index in [2.05, 4.69) is 20.8 Å². The van der Waals surface area contributed by atoms with Crippen molar-refractivity contribution in [3.8, 4) is 5.75 Å². The lowest BCUT2D eigenvalue weighted by Crippen LogP contribution is -2.54. The number of benzene rings is 2. The standard InChI is InChI=1S/C24H29BrFN3O5S/c1-17-13-28(14-18-2-6-21(26)7-3-18)10-11-29(17)24(31)15-34-23-9-5-20(25)12-19(23)4-8-22(30)16-35(27,32)33/h2-3,5-7,9,12,17H,4,8,10-11,13-16H2,1H3,(H2,27,32,33)/t17-/m1/s1. The Morgan fingerprint density at radius 1 is 1.17 bits per heavy atom. The molecular weight excluding hydrogens is 541 g/mol. The predicted octanol–water partition coefficient (Wildman–Crippen LogP) is 2.49. The van der Waals surface area contributed by atoms with E-state index in [4.69, 9.17) is 9.88 Å². The van der Waals surface area contributed by atoms with Gasteiger partial charge in [0.25, 0.3) is 5.91 Å². The highest BCUT2D eigenvalue weighted by Gasteiger charge is 2.27. The summed E-state index contributed by atoms with van der Waals surface area (Å²) in [4.78, 5) is 28.8. The molecular formula is C24H29BrFN3O5S. The van der Waals surface area contributed by atoms with Crippen molar-refractivity contribution in [1.82, 2.24) is 9.80 Å². The van der Waals surface area contributed by atoms with Gasteiger partial charge in [0.15, 0.2) is 6.61 Å². The fourth-order valence-corrected chi connectivity index (χ4v) is 5.07. The number of rotatable bonds is 10. The van der Waals surface area contributed by atoms with Crippen LogP contribution < -0.4 is 9.88 Å². The maximum Gasteiger partial charge on any atom is 0.260 e. The van der Waals surface area contributed by atoms with Crippen LogP contribution >= 0.6 is 15.9 Å². The summed E-state index contributed by atoms with van der Waals surface area (Å²) < 4.78 is 41.9. The summed E-state index contributed by atoms with van der Waals surface area (Å²) in [7, 11) is -3.87. The fourth-order valence-electron chi connectivity index (χ4n) is 4.07. The SMILES string of the molecule is C[C@@H]1CN(Cc2ccc(F)cc2)CCN1C(=O)COc1ccc(Br)cc1CCC(=O)CS(N)(=O)=O.